The Morgan fingerprint density at radius 2 is 2.11 bits per heavy atom. The molecule has 1 unspecified atom stereocenters. The summed E-state index contributed by atoms with van der Waals surface area (Å²) in [5, 5.41) is 6.52. The highest BCUT2D eigenvalue weighted by molar-refractivity contribution is 5.82. The lowest BCUT2D eigenvalue weighted by molar-refractivity contribution is -0.130. The molecule has 0 radical (unpaired) electrons. The molecule has 0 aliphatic carbocycles. The van der Waals surface area contributed by atoms with Crippen molar-refractivity contribution in [2.24, 2.45) is 0 Å². The van der Waals surface area contributed by atoms with Crippen molar-refractivity contribution in [1.82, 2.24) is 15.5 Å². The lowest BCUT2D eigenvalue weighted by atomic mass is 9.96. The first-order valence-corrected chi connectivity index (χ1v) is 6.99. The van der Waals surface area contributed by atoms with Gasteiger partial charge in [0.15, 0.2) is 0 Å². The number of carbonyl (C=O) groups is 1. The van der Waals surface area contributed by atoms with Crippen LogP contribution in [-0.4, -0.2) is 47.6 Å². The van der Waals surface area contributed by atoms with Crippen LogP contribution in [0.25, 0.3) is 0 Å². The number of amides is 1. The number of nitrogens with zero attached hydrogens (tertiary/aromatic N) is 1. The second kappa shape index (κ2) is 5.57. The van der Waals surface area contributed by atoms with Gasteiger partial charge in [-0.25, -0.2) is 0 Å². The highest BCUT2D eigenvalue weighted by Crippen LogP contribution is 2.20. The zero-order valence-corrected chi connectivity index (χ0v) is 12.8. The molecule has 1 fully saturated rings. The van der Waals surface area contributed by atoms with Gasteiger partial charge in [-0.05, 0) is 41.0 Å². The third kappa shape index (κ3) is 3.69. The number of nitrogens with one attached hydrogen (secondary N) is 2. The molecule has 1 amide bonds. The minimum atomic E-state index is -0.122. The molecular formula is C14H29N3O. The number of hydrogen-bond donors (Lipinski definition) is 2. The minimum absolute atomic E-state index is 0.0331. The molecule has 1 atom stereocenters. The lowest BCUT2D eigenvalue weighted by Gasteiger charge is -2.46. The maximum Gasteiger partial charge on any atom is 0.237 e. The van der Waals surface area contributed by atoms with Crippen LogP contribution in [0.1, 0.15) is 48.0 Å². The first kappa shape index (κ1) is 15.4. The summed E-state index contributed by atoms with van der Waals surface area (Å²) in [5.74, 6) is 0.136. The van der Waals surface area contributed by atoms with Crippen molar-refractivity contribution in [2.45, 2.75) is 65.1 Å². The first-order chi connectivity index (χ1) is 8.19. The topological polar surface area (TPSA) is 44.4 Å². The van der Waals surface area contributed by atoms with E-state index in [-0.39, 0.29) is 23.0 Å². The molecule has 0 spiro atoms. The van der Waals surface area contributed by atoms with Gasteiger partial charge in [-0.15, -0.1) is 0 Å². The Bertz CT molecular complexity index is 299. The standard InChI is InChI=1S/C14H29N3O/c1-7-13(3,4)16-12(18)11(2)17-9-8-15-10-14(17,5)6/h11,15H,7-10H2,1-6H3,(H,16,18). The van der Waals surface area contributed by atoms with Gasteiger partial charge >= 0.3 is 0 Å². The Balaban J connectivity index is 2.68. The molecule has 1 aliphatic heterocycles. The highest BCUT2D eigenvalue weighted by Gasteiger charge is 2.36. The normalized spacial score (nSPS) is 22.6. The van der Waals surface area contributed by atoms with Gasteiger partial charge in [-0.1, -0.05) is 6.92 Å². The van der Waals surface area contributed by atoms with Gasteiger partial charge < -0.3 is 10.6 Å². The zero-order chi connectivity index (χ0) is 14.0. The average molecular weight is 255 g/mol. The van der Waals surface area contributed by atoms with Gasteiger partial charge in [-0.2, -0.15) is 0 Å². The smallest absolute Gasteiger partial charge is 0.237 e. The van der Waals surface area contributed by atoms with Crippen LogP contribution in [-0.2, 0) is 4.79 Å². The Labute approximate surface area is 111 Å². The maximum atomic E-state index is 12.3. The van der Waals surface area contributed by atoms with E-state index in [1.165, 1.54) is 0 Å². The molecule has 2 N–H and O–H groups in total. The van der Waals surface area contributed by atoms with Crippen LogP contribution in [0.5, 0.6) is 0 Å². The molecule has 0 aromatic carbocycles. The number of hydrogen-bond acceptors (Lipinski definition) is 3. The van der Waals surface area contributed by atoms with E-state index in [1.54, 1.807) is 0 Å². The second-order valence-electron chi connectivity index (χ2n) is 6.59. The number of piperazine rings is 1. The van der Waals surface area contributed by atoms with Crippen molar-refractivity contribution in [1.29, 1.82) is 0 Å². The molecule has 0 aromatic rings. The van der Waals surface area contributed by atoms with Gasteiger partial charge in [-0.3, -0.25) is 9.69 Å². The van der Waals surface area contributed by atoms with Gasteiger partial charge in [0.2, 0.25) is 5.91 Å². The average Bonchev–Trinajstić information content (AvgIpc) is 2.27. The zero-order valence-electron chi connectivity index (χ0n) is 12.8. The van der Waals surface area contributed by atoms with E-state index in [0.29, 0.717) is 0 Å². The summed E-state index contributed by atoms with van der Waals surface area (Å²) in [4.78, 5) is 14.6. The van der Waals surface area contributed by atoms with Crippen molar-refractivity contribution in [3.05, 3.63) is 0 Å². The quantitative estimate of drug-likeness (QED) is 0.797. The minimum Gasteiger partial charge on any atom is -0.350 e. The van der Waals surface area contributed by atoms with Crippen LogP contribution >= 0.6 is 0 Å². The van der Waals surface area contributed by atoms with Gasteiger partial charge in [0.25, 0.3) is 0 Å². The molecule has 4 heteroatoms. The molecule has 4 nitrogen and oxygen atoms in total. The maximum absolute atomic E-state index is 12.3. The predicted octanol–water partition coefficient (Wildman–Crippen LogP) is 1.36. The summed E-state index contributed by atoms with van der Waals surface area (Å²) < 4.78 is 0. The summed E-state index contributed by atoms with van der Waals surface area (Å²) in [6, 6.07) is -0.0760. The molecule has 18 heavy (non-hydrogen) atoms. The van der Waals surface area contributed by atoms with E-state index in [9.17, 15) is 4.79 Å². The van der Waals surface area contributed by atoms with E-state index in [4.69, 9.17) is 0 Å². The molecule has 106 valence electrons. The van der Waals surface area contributed by atoms with E-state index in [1.807, 2.05) is 6.92 Å². The largest absolute Gasteiger partial charge is 0.350 e. The number of rotatable bonds is 4. The van der Waals surface area contributed by atoms with Crippen molar-refractivity contribution >= 4 is 5.91 Å². The summed E-state index contributed by atoms with van der Waals surface area (Å²) in [6.07, 6.45) is 0.941. The SMILES string of the molecule is CCC(C)(C)NC(=O)C(C)N1CCNCC1(C)C. The molecule has 1 rings (SSSR count). The van der Waals surface area contributed by atoms with E-state index in [2.05, 4.69) is 50.2 Å². The van der Waals surface area contributed by atoms with Crippen LogP contribution in [0.15, 0.2) is 0 Å². The molecular weight excluding hydrogens is 226 g/mol. The Morgan fingerprint density at radius 3 is 2.61 bits per heavy atom. The van der Waals surface area contributed by atoms with Gasteiger partial charge in [0.1, 0.15) is 0 Å². The fourth-order valence-electron chi connectivity index (χ4n) is 2.38. The van der Waals surface area contributed by atoms with Crippen LogP contribution in [0.3, 0.4) is 0 Å². The molecule has 1 saturated heterocycles. The van der Waals surface area contributed by atoms with Crippen LogP contribution < -0.4 is 10.6 Å². The number of carbonyl (C=O) groups excluding carboxylic acids is 1. The van der Waals surface area contributed by atoms with Gasteiger partial charge in [0.05, 0.1) is 6.04 Å². The Morgan fingerprint density at radius 1 is 1.50 bits per heavy atom. The van der Waals surface area contributed by atoms with E-state index in [0.717, 1.165) is 26.1 Å². The van der Waals surface area contributed by atoms with Gasteiger partial charge in [0, 0.05) is 30.7 Å². The Hall–Kier alpha value is -0.610. The fraction of sp³-hybridized carbons (Fsp3) is 0.929. The molecule has 0 bridgehead atoms. The summed E-state index contributed by atoms with van der Waals surface area (Å²) >= 11 is 0. The third-order valence-corrected chi connectivity index (χ3v) is 4.06. The van der Waals surface area contributed by atoms with Crippen LogP contribution in [0, 0.1) is 0 Å². The van der Waals surface area contributed by atoms with E-state index < -0.39 is 0 Å². The lowest BCUT2D eigenvalue weighted by Crippen LogP contribution is -2.64. The van der Waals surface area contributed by atoms with Crippen molar-refractivity contribution in [3.8, 4) is 0 Å². The Kier molecular flexibility index (Phi) is 4.78. The molecule has 1 aliphatic rings. The van der Waals surface area contributed by atoms with Crippen molar-refractivity contribution in [2.75, 3.05) is 19.6 Å². The predicted molar refractivity (Wildman–Crippen MR) is 75.6 cm³/mol. The highest BCUT2D eigenvalue weighted by atomic mass is 16.2. The fourth-order valence-corrected chi connectivity index (χ4v) is 2.38. The van der Waals surface area contributed by atoms with Crippen LogP contribution in [0.2, 0.25) is 0 Å². The third-order valence-electron chi connectivity index (χ3n) is 4.06. The summed E-state index contributed by atoms with van der Waals surface area (Å²) in [6.45, 7) is 15.4. The van der Waals surface area contributed by atoms with Crippen LogP contribution in [0.4, 0.5) is 0 Å². The van der Waals surface area contributed by atoms with Crippen molar-refractivity contribution < 1.29 is 4.79 Å². The molecule has 1 heterocycles. The monoisotopic (exact) mass is 255 g/mol. The first-order valence-electron chi connectivity index (χ1n) is 6.99. The van der Waals surface area contributed by atoms with E-state index >= 15 is 0 Å². The summed E-state index contributed by atoms with van der Waals surface area (Å²) in [7, 11) is 0. The van der Waals surface area contributed by atoms with Crippen molar-refractivity contribution in [3.63, 3.8) is 0 Å². The second-order valence-corrected chi connectivity index (χ2v) is 6.59. The molecule has 0 saturated carbocycles. The summed E-state index contributed by atoms with van der Waals surface area (Å²) in [5.41, 5.74) is -0.0884. The molecule has 0 aromatic heterocycles.